The highest BCUT2D eigenvalue weighted by Crippen LogP contribution is 2.23. The first-order chi connectivity index (χ1) is 10.1. The molecule has 0 fully saturated rings. The van der Waals surface area contributed by atoms with E-state index in [1.54, 1.807) is 6.07 Å². The Labute approximate surface area is 125 Å². The van der Waals surface area contributed by atoms with Gasteiger partial charge in [0.1, 0.15) is 5.69 Å². The number of aromatic nitrogens is 3. The summed E-state index contributed by atoms with van der Waals surface area (Å²) in [4.78, 5) is 22.7. The second kappa shape index (κ2) is 5.57. The lowest BCUT2D eigenvalue weighted by Crippen LogP contribution is -2.01. The van der Waals surface area contributed by atoms with Crippen molar-refractivity contribution in [2.75, 3.05) is 0 Å². The first-order valence-electron chi connectivity index (χ1n) is 6.40. The number of hydrogen-bond acceptors (Lipinski definition) is 4. The molecule has 2 heterocycles. The molecular formula is C15H13N3O2S. The van der Waals surface area contributed by atoms with Gasteiger partial charge in [-0.05, 0) is 36.8 Å². The van der Waals surface area contributed by atoms with Crippen molar-refractivity contribution >= 4 is 28.8 Å². The third-order valence-corrected chi connectivity index (χ3v) is 3.91. The highest BCUT2D eigenvalue weighted by molar-refractivity contribution is 7.98. The number of aromatic carboxylic acids is 1. The van der Waals surface area contributed by atoms with E-state index < -0.39 is 5.97 Å². The van der Waals surface area contributed by atoms with E-state index >= 15 is 0 Å². The van der Waals surface area contributed by atoms with Gasteiger partial charge in [0, 0.05) is 5.75 Å². The average molecular weight is 299 g/mol. The van der Waals surface area contributed by atoms with Gasteiger partial charge in [-0.2, -0.15) is 0 Å². The number of hydrogen-bond donors (Lipinski definition) is 2. The lowest BCUT2D eigenvalue weighted by atomic mass is 10.2. The predicted molar refractivity (Wildman–Crippen MR) is 81.6 cm³/mol. The maximum atomic E-state index is 10.9. The molecule has 0 aliphatic heterocycles. The molecule has 6 heteroatoms. The zero-order chi connectivity index (χ0) is 14.8. The smallest absolute Gasteiger partial charge is 0.354 e. The molecule has 3 aromatic rings. The standard InChI is InChI=1S/C15H13N3O2S/c1-9-5-6-11-13(7-9)18-15(17-11)21-8-10-3-2-4-12(16-10)14(19)20/h2-7H,8H2,1H3,(H,17,18)(H,19,20). The number of aromatic amines is 1. The van der Waals surface area contributed by atoms with Gasteiger partial charge in [0.15, 0.2) is 5.16 Å². The van der Waals surface area contributed by atoms with Crippen LogP contribution < -0.4 is 0 Å². The monoisotopic (exact) mass is 299 g/mol. The van der Waals surface area contributed by atoms with Crippen molar-refractivity contribution in [2.24, 2.45) is 0 Å². The topological polar surface area (TPSA) is 78.9 Å². The minimum Gasteiger partial charge on any atom is -0.477 e. The molecule has 0 atom stereocenters. The molecule has 3 rings (SSSR count). The van der Waals surface area contributed by atoms with Crippen LogP contribution in [0, 0.1) is 6.92 Å². The van der Waals surface area contributed by atoms with Gasteiger partial charge in [-0.25, -0.2) is 14.8 Å². The second-order valence-electron chi connectivity index (χ2n) is 4.67. The Hall–Kier alpha value is -2.34. The molecule has 2 aromatic heterocycles. The number of nitrogens with one attached hydrogen (secondary N) is 1. The molecule has 5 nitrogen and oxygen atoms in total. The van der Waals surface area contributed by atoms with Crippen molar-refractivity contribution in [3.05, 3.63) is 53.3 Å². The zero-order valence-electron chi connectivity index (χ0n) is 11.3. The number of aryl methyl sites for hydroxylation is 1. The molecule has 0 radical (unpaired) electrons. The number of carboxylic acid groups (broad SMARTS) is 1. The van der Waals surface area contributed by atoms with Crippen LogP contribution in [0.25, 0.3) is 11.0 Å². The number of rotatable bonds is 4. The normalized spacial score (nSPS) is 10.9. The Balaban J connectivity index is 1.77. The summed E-state index contributed by atoms with van der Waals surface area (Å²) in [6.07, 6.45) is 0. The van der Waals surface area contributed by atoms with Gasteiger partial charge in [0.05, 0.1) is 16.7 Å². The predicted octanol–water partition coefficient (Wildman–Crippen LogP) is 3.26. The van der Waals surface area contributed by atoms with Crippen molar-refractivity contribution in [3.8, 4) is 0 Å². The van der Waals surface area contributed by atoms with Crippen LogP contribution in [0.3, 0.4) is 0 Å². The van der Waals surface area contributed by atoms with E-state index in [1.165, 1.54) is 23.4 Å². The molecule has 0 spiro atoms. The van der Waals surface area contributed by atoms with Crippen molar-refractivity contribution < 1.29 is 9.90 Å². The van der Waals surface area contributed by atoms with E-state index in [4.69, 9.17) is 5.11 Å². The molecule has 0 aliphatic carbocycles. The number of H-pyrrole nitrogens is 1. The maximum Gasteiger partial charge on any atom is 0.354 e. The molecule has 0 amide bonds. The summed E-state index contributed by atoms with van der Waals surface area (Å²) in [5, 5.41) is 9.73. The minimum atomic E-state index is -1.01. The second-order valence-corrected chi connectivity index (χ2v) is 5.63. The summed E-state index contributed by atoms with van der Waals surface area (Å²) in [6, 6.07) is 11.1. The van der Waals surface area contributed by atoms with Crippen molar-refractivity contribution in [1.29, 1.82) is 0 Å². The molecular weight excluding hydrogens is 286 g/mol. The number of imidazole rings is 1. The number of pyridine rings is 1. The van der Waals surface area contributed by atoms with Gasteiger partial charge in [0.2, 0.25) is 0 Å². The first-order valence-corrected chi connectivity index (χ1v) is 7.39. The summed E-state index contributed by atoms with van der Waals surface area (Å²) in [5.74, 6) is -0.444. The maximum absolute atomic E-state index is 10.9. The van der Waals surface area contributed by atoms with Gasteiger partial charge < -0.3 is 10.1 Å². The molecule has 21 heavy (non-hydrogen) atoms. The fourth-order valence-corrected chi connectivity index (χ4v) is 2.78. The number of carboxylic acids is 1. The number of thioether (sulfide) groups is 1. The highest BCUT2D eigenvalue weighted by atomic mass is 32.2. The summed E-state index contributed by atoms with van der Waals surface area (Å²) in [5.41, 5.74) is 3.89. The van der Waals surface area contributed by atoms with E-state index in [2.05, 4.69) is 21.0 Å². The molecule has 0 unspecified atom stereocenters. The van der Waals surface area contributed by atoms with Crippen LogP contribution in [-0.2, 0) is 5.75 Å². The molecule has 0 saturated carbocycles. The van der Waals surface area contributed by atoms with E-state index in [-0.39, 0.29) is 5.69 Å². The Kier molecular flexibility index (Phi) is 3.62. The van der Waals surface area contributed by atoms with Crippen LogP contribution in [0.15, 0.2) is 41.6 Å². The van der Waals surface area contributed by atoms with Gasteiger partial charge in [-0.3, -0.25) is 0 Å². The van der Waals surface area contributed by atoms with Crippen LogP contribution in [0.5, 0.6) is 0 Å². The van der Waals surface area contributed by atoms with E-state index in [0.717, 1.165) is 21.9 Å². The van der Waals surface area contributed by atoms with Crippen molar-refractivity contribution in [2.45, 2.75) is 17.8 Å². The highest BCUT2D eigenvalue weighted by Gasteiger charge is 2.07. The van der Waals surface area contributed by atoms with Gasteiger partial charge in [-0.1, -0.05) is 23.9 Å². The quantitative estimate of drug-likeness (QED) is 0.723. The van der Waals surface area contributed by atoms with Gasteiger partial charge in [0.25, 0.3) is 0 Å². The number of benzene rings is 1. The van der Waals surface area contributed by atoms with Gasteiger partial charge >= 0.3 is 5.97 Å². The third kappa shape index (κ3) is 3.05. The zero-order valence-corrected chi connectivity index (χ0v) is 12.1. The first kappa shape index (κ1) is 13.6. The fourth-order valence-electron chi connectivity index (χ4n) is 1.99. The number of nitrogens with zero attached hydrogens (tertiary/aromatic N) is 2. The fraction of sp³-hybridized carbons (Fsp3) is 0.133. The Morgan fingerprint density at radius 3 is 2.95 bits per heavy atom. The van der Waals surface area contributed by atoms with E-state index in [0.29, 0.717) is 5.75 Å². The minimum absolute atomic E-state index is 0.0633. The largest absolute Gasteiger partial charge is 0.477 e. The average Bonchev–Trinajstić information content (AvgIpc) is 2.87. The summed E-state index contributed by atoms with van der Waals surface area (Å²) < 4.78 is 0. The Morgan fingerprint density at radius 2 is 2.14 bits per heavy atom. The molecule has 2 N–H and O–H groups in total. The molecule has 0 bridgehead atoms. The van der Waals surface area contributed by atoms with Crippen molar-refractivity contribution in [1.82, 2.24) is 15.0 Å². The molecule has 0 saturated heterocycles. The van der Waals surface area contributed by atoms with Crippen molar-refractivity contribution in [3.63, 3.8) is 0 Å². The molecule has 106 valence electrons. The van der Waals surface area contributed by atoms with Gasteiger partial charge in [-0.15, -0.1) is 0 Å². The summed E-state index contributed by atoms with van der Waals surface area (Å²) in [7, 11) is 0. The SMILES string of the molecule is Cc1ccc2nc(SCc3cccc(C(=O)O)n3)[nH]c2c1. The third-order valence-electron chi connectivity index (χ3n) is 3.00. The lowest BCUT2D eigenvalue weighted by molar-refractivity contribution is 0.0690. The number of fused-ring (bicyclic) bond motifs is 1. The van der Waals surface area contributed by atoms with Crippen LogP contribution in [0.2, 0.25) is 0 Å². The number of carbonyl (C=O) groups is 1. The van der Waals surface area contributed by atoms with E-state index in [1.807, 2.05) is 25.1 Å². The Bertz CT molecular complexity index is 814. The lowest BCUT2D eigenvalue weighted by Gasteiger charge is -2.00. The van der Waals surface area contributed by atoms with Crippen LogP contribution in [-0.4, -0.2) is 26.0 Å². The van der Waals surface area contributed by atoms with E-state index in [9.17, 15) is 4.79 Å². The summed E-state index contributed by atoms with van der Waals surface area (Å²) in [6.45, 7) is 2.04. The summed E-state index contributed by atoms with van der Waals surface area (Å²) >= 11 is 1.50. The molecule has 1 aromatic carbocycles. The van der Waals surface area contributed by atoms with Crippen LogP contribution >= 0.6 is 11.8 Å². The van der Waals surface area contributed by atoms with Crippen LogP contribution in [0.4, 0.5) is 0 Å². The van der Waals surface area contributed by atoms with Crippen LogP contribution in [0.1, 0.15) is 21.7 Å². The Morgan fingerprint density at radius 1 is 1.29 bits per heavy atom. The molecule has 0 aliphatic rings.